The van der Waals surface area contributed by atoms with Crippen LogP contribution in [0, 0.1) is 0 Å². The molecule has 214 valence electrons. The van der Waals surface area contributed by atoms with E-state index < -0.39 is 23.9 Å². The zero-order valence-electron chi connectivity index (χ0n) is 21.7. The number of carboxylic acid groups (broad SMARTS) is 4. The van der Waals surface area contributed by atoms with E-state index >= 15 is 0 Å². The van der Waals surface area contributed by atoms with E-state index in [0.717, 1.165) is 51.5 Å². The topological polar surface area (TPSA) is 149 Å². The van der Waals surface area contributed by atoms with Crippen molar-refractivity contribution in [1.29, 1.82) is 0 Å². The Morgan fingerprint density at radius 3 is 1.19 bits per heavy atom. The van der Waals surface area contributed by atoms with E-state index in [2.05, 4.69) is 0 Å². The Morgan fingerprint density at radius 1 is 0.500 bits per heavy atom. The van der Waals surface area contributed by atoms with E-state index in [0.29, 0.717) is 12.8 Å². The van der Waals surface area contributed by atoms with Crippen molar-refractivity contribution in [2.24, 2.45) is 0 Å². The number of carbonyl (C=O) groups is 4. The normalized spacial score (nSPS) is 11.0. The maximum Gasteiger partial charge on any atom is 0.345 e. The molecule has 0 atom stereocenters. The fraction of sp³-hybridized carbons (Fsp3) is 0.133. The molecular weight excluding hydrogens is 617 g/mol. The van der Waals surface area contributed by atoms with Gasteiger partial charge in [0, 0.05) is 42.1 Å². The summed E-state index contributed by atoms with van der Waals surface area (Å²) in [5.74, 6) is -3.80. The number of carboxylic acids is 4. The van der Waals surface area contributed by atoms with Crippen molar-refractivity contribution in [3.63, 3.8) is 0 Å². The second kappa shape index (κ2) is 12.4. The Bertz CT molecular complexity index is 1670. The van der Waals surface area contributed by atoms with Gasteiger partial charge in [-0.3, -0.25) is 9.59 Å². The van der Waals surface area contributed by atoms with Crippen molar-refractivity contribution in [2.45, 2.75) is 25.7 Å². The first-order chi connectivity index (χ1) is 20.1. The molecule has 0 aliphatic heterocycles. The third kappa shape index (κ3) is 6.52. The van der Waals surface area contributed by atoms with Crippen LogP contribution in [0.15, 0.2) is 60.7 Å². The number of aromatic carboxylic acids is 2. The van der Waals surface area contributed by atoms with Gasteiger partial charge in [0.2, 0.25) is 0 Å². The van der Waals surface area contributed by atoms with Crippen molar-refractivity contribution in [3.05, 3.63) is 81.5 Å². The summed E-state index contributed by atoms with van der Waals surface area (Å²) in [6.45, 7) is 0. The van der Waals surface area contributed by atoms with Crippen molar-refractivity contribution < 1.29 is 39.6 Å². The van der Waals surface area contributed by atoms with Gasteiger partial charge in [-0.15, -0.1) is 45.3 Å². The molecule has 4 heterocycles. The number of benzene rings is 1. The largest absolute Gasteiger partial charge is 0.481 e. The highest BCUT2D eigenvalue weighted by molar-refractivity contribution is 7.25. The molecule has 4 N–H and O–H groups in total. The molecule has 0 fully saturated rings. The maximum atomic E-state index is 11.4. The van der Waals surface area contributed by atoms with Gasteiger partial charge in [0.1, 0.15) is 9.75 Å². The van der Waals surface area contributed by atoms with Crippen LogP contribution in [0.1, 0.15) is 43.3 Å². The van der Waals surface area contributed by atoms with Crippen LogP contribution in [0.25, 0.3) is 40.4 Å². The van der Waals surface area contributed by atoms with Crippen molar-refractivity contribution in [3.8, 4) is 40.4 Å². The van der Waals surface area contributed by atoms with Crippen molar-refractivity contribution in [1.82, 2.24) is 0 Å². The molecule has 1 aromatic carbocycles. The minimum Gasteiger partial charge on any atom is -0.481 e. The smallest absolute Gasteiger partial charge is 0.345 e. The lowest BCUT2D eigenvalue weighted by atomic mass is 10.0. The highest BCUT2D eigenvalue weighted by Crippen LogP contribution is 2.44. The Balaban J connectivity index is 1.50. The average molecular weight is 639 g/mol. The lowest BCUT2D eigenvalue weighted by Gasteiger charge is -2.06. The molecule has 5 rings (SSSR count). The van der Waals surface area contributed by atoms with E-state index in [9.17, 15) is 39.6 Å². The molecule has 0 unspecified atom stereocenters. The molecule has 8 nitrogen and oxygen atoms in total. The fourth-order valence-electron chi connectivity index (χ4n) is 4.39. The highest BCUT2D eigenvalue weighted by Gasteiger charge is 2.19. The van der Waals surface area contributed by atoms with Gasteiger partial charge in [0.25, 0.3) is 0 Å². The lowest BCUT2D eigenvalue weighted by molar-refractivity contribution is -0.138. The van der Waals surface area contributed by atoms with Gasteiger partial charge in [-0.1, -0.05) is 24.3 Å². The van der Waals surface area contributed by atoms with E-state index in [4.69, 9.17) is 0 Å². The summed E-state index contributed by atoms with van der Waals surface area (Å²) in [6, 6.07) is 18.3. The minimum absolute atomic E-state index is 0.0384. The van der Waals surface area contributed by atoms with Crippen LogP contribution in [0.4, 0.5) is 0 Å². The number of aryl methyl sites for hydroxylation is 2. The van der Waals surface area contributed by atoms with Crippen LogP contribution < -0.4 is 0 Å². The number of thiophene rings is 4. The zero-order valence-corrected chi connectivity index (χ0v) is 24.9. The van der Waals surface area contributed by atoms with Crippen LogP contribution in [0.3, 0.4) is 0 Å². The summed E-state index contributed by atoms with van der Waals surface area (Å²) in [6.07, 6.45) is 0.576. The first kappa shape index (κ1) is 29.4. The van der Waals surface area contributed by atoms with Crippen LogP contribution in [0.5, 0.6) is 0 Å². The van der Waals surface area contributed by atoms with Crippen LogP contribution >= 0.6 is 45.3 Å². The number of rotatable bonds is 12. The Hall–Kier alpha value is -4.10. The molecule has 0 aliphatic rings. The van der Waals surface area contributed by atoms with Crippen LogP contribution in [-0.2, 0) is 22.4 Å². The Labute approximate surface area is 255 Å². The number of hydrogen-bond acceptors (Lipinski definition) is 8. The van der Waals surface area contributed by atoms with E-state index in [1.807, 2.05) is 36.4 Å². The van der Waals surface area contributed by atoms with Gasteiger partial charge >= 0.3 is 23.9 Å². The van der Waals surface area contributed by atoms with Gasteiger partial charge in [-0.2, -0.15) is 0 Å². The molecular formula is C30H22O8S4. The summed E-state index contributed by atoms with van der Waals surface area (Å²) >= 11 is 5.30. The predicted molar refractivity (Wildman–Crippen MR) is 166 cm³/mol. The summed E-state index contributed by atoms with van der Waals surface area (Å²) < 4.78 is 0. The molecule has 0 bridgehead atoms. The fourth-order valence-corrected chi connectivity index (χ4v) is 8.67. The molecule has 0 amide bonds. The monoisotopic (exact) mass is 638 g/mol. The van der Waals surface area contributed by atoms with Gasteiger partial charge < -0.3 is 20.4 Å². The highest BCUT2D eigenvalue weighted by atomic mass is 32.1. The number of aliphatic carboxylic acids is 2. The molecule has 4 aromatic heterocycles. The molecule has 42 heavy (non-hydrogen) atoms. The second-order valence-electron chi connectivity index (χ2n) is 9.23. The molecule has 12 heteroatoms. The van der Waals surface area contributed by atoms with E-state index in [1.54, 1.807) is 24.3 Å². The first-order valence-electron chi connectivity index (χ1n) is 12.6. The van der Waals surface area contributed by atoms with Gasteiger partial charge in [-0.05, 0) is 71.5 Å². The summed E-state index contributed by atoms with van der Waals surface area (Å²) in [5, 5.41) is 37.2. The molecule has 0 radical (unpaired) electrons. The van der Waals surface area contributed by atoms with Crippen LogP contribution in [0.2, 0.25) is 0 Å². The van der Waals surface area contributed by atoms with Crippen LogP contribution in [-0.4, -0.2) is 44.3 Å². The Morgan fingerprint density at radius 2 is 0.881 bits per heavy atom. The van der Waals surface area contributed by atoms with E-state index in [1.165, 1.54) is 45.3 Å². The maximum absolute atomic E-state index is 11.4. The van der Waals surface area contributed by atoms with Crippen molar-refractivity contribution >= 4 is 69.2 Å². The minimum atomic E-state index is -0.995. The summed E-state index contributed by atoms with van der Waals surface area (Å²) in [5.41, 5.74) is 3.50. The van der Waals surface area contributed by atoms with Crippen molar-refractivity contribution in [2.75, 3.05) is 0 Å². The standard InChI is InChI=1S/C30H22O8S4/c31-25(32)11-5-17-13-23(19-7-9-21(39-19)29(35)36)41-27(17)15-1-2-16(4-3-15)28-18(6-12-26(33)34)14-24(42-28)20-8-10-22(40-20)30(37)38/h1-4,7-10,13-14H,5-6,11-12H2,(H,31,32)(H,33,34)(H,35,36)(H,37,38). The first-order valence-corrected chi connectivity index (χ1v) is 15.8. The third-order valence-electron chi connectivity index (χ3n) is 6.36. The molecule has 5 aromatic rings. The zero-order chi connectivity index (χ0) is 30.0. The number of hydrogen-bond donors (Lipinski definition) is 4. The molecule has 0 saturated carbocycles. The molecule has 0 spiro atoms. The third-order valence-corrected chi connectivity index (χ3v) is 11.4. The summed E-state index contributed by atoms with van der Waals surface area (Å²) in [4.78, 5) is 51.0. The summed E-state index contributed by atoms with van der Waals surface area (Å²) in [7, 11) is 0. The SMILES string of the molecule is O=C(O)CCc1cc(-c2ccc(C(=O)O)s2)sc1-c1ccc(-c2sc(-c3ccc(C(=O)O)s3)cc2CCC(=O)O)cc1. The van der Waals surface area contributed by atoms with E-state index in [-0.39, 0.29) is 22.6 Å². The van der Waals surface area contributed by atoms with Gasteiger partial charge in [0.15, 0.2) is 0 Å². The quantitative estimate of drug-likeness (QED) is 0.107. The van der Waals surface area contributed by atoms with Gasteiger partial charge in [0.05, 0.1) is 0 Å². The molecule has 0 aliphatic carbocycles. The second-order valence-corrected chi connectivity index (χ2v) is 13.5. The van der Waals surface area contributed by atoms with Gasteiger partial charge in [-0.25, -0.2) is 9.59 Å². The lowest BCUT2D eigenvalue weighted by Crippen LogP contribution is -1.97. The predicted octanol–water partition coefficient (Wildman–Crippen LogP) is 8.03. The average Bonchev–Trinajstić information content (AvgIpc) is 3.76. The molecule has 0 saturated heterocycles. The Kier molecular flexibility index (Phi) is 8.69.